The Hall–Kier alpha value is -0.650. The molecule has 0 rings (SSSR count). The first-order valence-corrected chi connectivity index (χ1v) is 5.70. The van der Waals surface area contributed by atoms with Crippen LogP contribution in [0.5, 0.6) is 0 Å². The van der Waals surface area contributed by atoms with Crippen LogP contribution >= 0.6 is 0 Å². The lowest BCUT2D eigenvalue weighted by molar-refractivity contribution is -0.137. The minimum atomic E-state index is -0.740. The molecule has 5 heteroatoms. The first-order valence-electron chi connectivity index (χ1n) is 5.70. The number of nitrogens with one attached hydrogen (secondary N) is 1. The van der Waals surface area contributed by atoms with Crippen LogP contribution in [-0.4, -0.2) is 62.4 Å². The maximum Gasteiger partial charge on any atom is 0.303 e. The fourth-order valence-corrected chi connectivity index (χ4v) is 1.17. The van der Waals surface area contributed by atoms with Crippen LogP contribution in [0.4, 0.5) is 0 Å². The average Bonchev–Trinajstić information content (AvgIpc) is 2.19. The second kappa shape index (κ2) is 9.57. The number of aliphatic carboxylic acids is 1. The van der Waals surface area contributed by atoms with Gasteiger partial charge in [0, 0.05) is 25.6 Å². The summed E-state index contributed by atoms with van der Waals surface area (Å²) in [6.07, 6.45) is 0.878. The van der Waals surface area contributed by atoms with Gasteiger partial charge in [0.05, 0.1) is 13.2 Å². The zero-order valence-electron chi connectivity index (χ0n) is 10.5. The number of likely N-dealkylation sites (N-methyl/N-ethyl adjacent to an activating group) is 1. The summed E-state index contributed by atoms with van der Waals surface area (Å²) in [5.74, 6) is -0.740. The third-order valence-electron chi connectivity index (χ3n) is 2.21. The molecule has 16 heavy (non-hydrogen) atoms. The SMILES string of the molecule is CC(CCC(=O)O)NCCOCCN(C)C. The third-order valence-corrected chi connectivity index (χ3v) is 2.21. The average molecular weight is 232 g/mol. The van der Waals surface area contributed by atoms with Crippen LogP contribution in [0.2, 0.25) is 0 Å². The van der Waals surface area contributed by atoms with Gasteiger partial charge in [0.1, 0.15) is 0 Å². The number of ether oxygens (including phenoxy) is 1. The van der Waals surface area contributed by atoms with E-state index in [-0.39, 0.29) is 12.5 Å². The van der Waals surface area contributed by atoms with E-state index in [1.807, 2.05) is 21.0 Å². The Morgan fingerprint density at radius 2 is 2.12 bits per heavy atom. The molecule has 0 aliphatic carbocycles. The molecule has 0 spiro atoms. The van der Waals surface area contributed by atoms with Crippen LogP contribution in [0.15, 0.2) is 0 Å². The minimum absolute atomic E-state index is 0.218. The molecule has 0 amide bonds. The van der Waals surface area contributed by atoms with Gasteiger partial charge in [-0.05, 0) is 27.4 Å². The van der Waals surface area contributed by atoms with Gasteiger partial charge >= 0.3 is 5.97 Å². The molecule has 0 saturated carbocycles. The van der Waals surface area contributed by atoms with Crippen LogP contribution in [0, 0.1) is 0 Å². The Labute approximate surface area is 97.8 Å². The molecular formula is C11H24N2O3. The van der Waals surface area contributed by atoms with Crippen molar-refractivity contribution in [3.05, 3.63) is 0 Å². The van der Waals surface area contributed by atoms with E-state index in [2.05, 4.69) is 10.2 Å². The number of carboxylic acids is 1. The van der Waals surface area contributed by atoms with Gasteiger partial charge in [0.15, 0.2) is 0 Å². The zero-order chi connectivity index (χ0) is 12.4. The molecule has 0 aromatic heterocycles. The van der Waals surface area contributed by atoms with Crippen molar-refractivity contribution in [3.63, 3.8) is 0 Å². The van der Waals surface area contributed by atoms with Gasteiger partial charge < -0.3 is 20.1 Å². The van der Waals surface area contributed by atoms with Crippen LogP contribution in [0.3, 0.4) is 0 Å². The second-order valence-electron chi connectivity index (χ2n) is 4.20. The topological polar surface area (TPSA) is 61.8 Å². The highest BCUT2D eigenvalue weighted by Crippen LogP contribution is 1.95. The van der Waals surface area contributed by atoms with Gasteiger partial charge in [-0.3, -0.25) is 4.79 Å². The van der Waals surface area contributed by atoms with Crippen molar-refractivity contribution >= 4 is 5.97 Å². The minimum Gasteiger partial charge on any atom is -0.481 e. The molecule has 0 heterocycles. The van der Waals surface area contributed by atoms with Crippen molar-refractivity contribution in [3.8, 4) is 0 Å². The number of hydrogen-bond donors (Lipinski definition) is 2. The monoisotopic (exact) mass is 232 g/mol. The molecule has 2 N–H and O–H groups in total. The van der Waals surface area contributed by atoms with E-state index < -0.39 is 5.97 Å². The fourth-order valence-electron chi connectivity index (χ4n) is 1.17. The van der Waals surface area contributed by atoms with Crippen molar-refractivity contribution in [2.24, 2.45) is 0 Å². The maximum atomic E-state index is 10.3. The molecular weight excluding hydrogens is 208 g/mol. The van der Waals surface area contributed by atoms with Crippen LogP contribution < -0.4 is 5.32 Å². The lowest BCUT2D eigenvalue weighted by Crippen LogP contribution is -2.30. The van der Waals surface area contributed by atoms with Crippen molar-refractivity contribution < 1.29 is 14.6 Å². The van der Waals surface area contributed by atoms with Crippen molar-refractivity contribution in [2.45, 2.75) is 25.8 Å². The fraction of sp³-hybridized carbons (Fsp3) is 0.909. The molecule has 1 atom stereocenters. The molecule has 0 aromatic rings. The number of nitrogens with zero attached hydrogens (tertiary/aromatic N) is 1. The van der Waals surface area contributed by atoms with Gasteiger partial charge in [-0.15, -0.1) is 0 Å². The summed E-state index contributed by atoms with van der Waals surface area (Å²) >= 11 is 0. The zero-order valence-corrected chi connectivity index (χ0v) is 10.5. The van der Waals surface area contributed by atoms with Crippen LogP contribution in [0.1, 0.15) is 19.8 Å². The highest BCUT2D eigenvalue weighted by molar-refractivity contribution is 5.66. The summed E-state index contributed by atoms with van der Waals surface area (Å²) < 4.78 is 5.40. The normalized spacial score (nSPS) is 13.0. The predicted octanol–water partition coefficient (Wildman–Crippen LogP) is 0.408. The van der Waals surface area contributed by atoms with Gasteiger partial charge in [0.2, 0.25) is 0 Å². The summed E-state index contributed by atoms with van der Waals surface area (Å²) in [6, 6.07) is 0.230. The second-order valence-corrected chi connectivity index (χ2v) is 4.20. The number of hydrogen-bond acceptors (Lipinski definition) is 4. The van der Waals surface area contributed by atoms with E-state index >= 15 is 0 Å². The van der Waals surface area contributed by atoms with E-state index in [4.69, 9.17) is 9.84 Å². The summed E-state index contributed by atoms with van der Waals surface area (Å²) in [5, 5.41) is 11.7. The van der Waals surface area contributed by atoms with Crippen molar-refractivity contribution in [1.82, 2.24) is 10.2 Å². The molecule has 0 aromatic carbocycles. The Balaban J connectivity index is 3.21. The molecule has 5 nitrogen and oxygen atoms in total. The number of carboxylic acid groups (broad SMARTS) is 1. The molecule has 0 radical (unpaired) electrons. The quantitative estimate of drug-likeness (QED) is 0.534. The first-order chi connectivity index (χ1) is 7.52. The third kappa shape index (κ3) is 11.4. The lowest BCUT2D eigenvalue weighted by Gasteiger charge is -2.13. The van der Waals surface area contributed by atoms with Gasteiger partial charge in [0.25, 0.3) is 0 Å². The van der Waals surface area contributed by atoms with Crippen LogP contribution in [-0.2, 0) is 9.53 Å². The summed E-state index contributed by atoms with van der Waals surface area (Å²) in [5.41, 5.74) is 0. The van der Waals surface area contributed by atoms with Crippen LogP contribution in [0.25, 0.3) is 0 Å². The van der Waals surface area contributed by atoms with Gasteiger partial charge in [-0.2, -0.15) is 0 Å². The Morgan fingerprint density at radius 3 is 2.69 bits per heavy atom. The smallest absolute Gasteiger partial charge is 0.303 e. The first kappa shape index (κ1) is 15.3. The summed E-state index contributed by atoms with van der Waals surface area (Å²) in [7, 11) is 4.02. The van der Waals surface area contributed by atoms with Crippen molar-refractivity contribution in [2.75, 3.05) is 40.4 Å². The Kier molecular flexibility index (Phi) is 9.18. The largest absolute Gasteiger partial charge is 0.481 e. The molecule has 0 bridgehead atoms. The summed E-state index contributed by atoms with van der Waals surface area (Å²) in [4.78, 5) is 12.4. The van der Waals surface area contributed by atoms with E-state index in [1.165, 1.54) is 0 Å². The van der Waals surface area contributed by atoms with Gasteiger partial charge in [-0.25, -0.2) is 0 Å². The Morgan fingerprint density at radius 1 is 1.44 bits per heavy atom. The molecule has 96 valence electrons. The maximum absolute atomic E-state index is 10.3. The highest BCUT2D eigenvalue weighted by Gasteiger charge is 2.03. The highest BCUT2D eigenvalue weighted by atomic mass is 16.5. The van der Waals surface area contributed by atoms with Gasteiger partial charge in [-0.1, -0.05) is 0 Å². The van der Waals surface area contributed by atoms with E-state index in [0.29, 0.717) is 13.0 Å². The molecule has 1 unspecified atom stereocenters. The number of carbonyl (C=O) groups is 1. The molecule has 0 fully saturated rings. The van der Waals surface area contributed by atoms with E-state index in [9.17, 15) is 4.79 Å². The summed E-state index contributed by atoms with van der Waals surface area (Å²) in [6.45, 7) is 5.09. The lowest BCUT2D eigenvalue weighted by atomic mass is 10.2. The predicted molar refractivity (Wildman–Crippen MR) is 63.7 cm³/mol. The standard InChI is InChI=1S/C11H24N2O3/c1-10(4-5-11(14)15)12-6-8-16-9-7-13(2)3/h10,12H,4-9H2,1-3H3,(H,14,15). The molecule has 0 saturated heterocycles. The molecule has 0 aliphatic heterocycles. The van der Waals surface area contributed by atoms with Crippen molar-refractivity contribution in [1.29, 1.82) is 0 Å². The Bertz CT molecular complexity index is 186. The number of rotatable bonds is 10. The molecule has 0 aliphatic rings. The van der Waals surface area contributed by atoms with E-state index in [0.717, 1.165) is 19.7 Å². The van der Waals surface area contributed by atoms with E-state index in [1.54, 1.807) is 0 Å².